The van der Waals surface area contributed by atoms with Gasteiger partial charge in [-0.3, -0.25) is 29.4 Å². The molecule has 230 valence electrons. The molecule has 1 aromatic carbocycles. The van der Waals surface area contributed by atoms with Crippen molar-refractivity contribution in [1.82, 2.24) is 35.4 Å². The van der Waals surface area contributed by atoms with Crippen LogP contribution in [0.5, 0.6) is 0 Å². The summed E-state index contributed by atoms with van der Waals surface area (Å²) in [5.74, 6) is -3.99. The Morgan fingerprint density at radius 1 is 1.14 bits per heavy atom. The third-order valence-corrected chi connectivity index (χ3v) is 8.43. The SMILES string of the molecule is O=C(O)C(F)(F)F.O=C1CCC(N2Cc3cc(-n4cc(C(=O)NCCC56CCCN5CCC6)nn4)ccc3C2=O)C(=O)N1. The molecule has 3 N–H and O–H groups in total. The maximum absolute atomic E-state index is 12.9. The number of carbonyl (C=O) groups is 5. The minimum atomic E-state index is -5.08. The molecule has 6 rings (SSSR count). The lowest BCUT2D eigenvalue weighted by atomic mass is 9.90. The van der Waals surface area contributed by atoms with E-state index in [0.717, 1.165) is 12.0 Å². The molecule has 0 spiro atoms. The number of fused-ring (bicyclic) bond motifs is 2. The third-order valence-electron chi connectivity index (χ3n) is 8.43. The predicted molar refractivity (Wildman–Crippen MR) is 141 cm³/mol. The molecule has 1 atom stereocenters. The van der Waals surface area contributed by atoms with Crippen LogP contribution in [-0.4, -0.2) is 96.9 Å². The highest BCUT2D eigenvalue weighted by molar-refractivity contribution is 6.05. The molecule has 0 radical (unpaired) electrons. The summed E-state index contributed by atoms with van der Waals surface area (Å²) >= 11 is 0. The Morgan fingerprint density at radius 2 is 1.84 bits per heavy atom. The fourth-order valence-corrected chi connectivity index (χ4v) is 6.33. The number of carboxylic acid groups (broad SMARTS) is 1. The van der Waals surface area contributed by atoms with Crippen LogP contribution in [0.25, 0.3) is 5.69 Å². The van der Waals surface area contributed by atoms with E-state index in [-0.39, 0.29) is 41.9 Å². The van der Waals surface area contributed by atoms with Crippen LogP contribution in [0.4, 0.5) is 13.2 Å². The zero-order valence-corrected chi connectivity index (χ0v) is 23.0. The van der Waals surface area contributed by atoms with Crippen molar-refractivity contribution >= 4 is 29.6 Å². The first-order valence-corrected chi connectivity index (χ1v) is 13.9. The first-order chi connectivity index (χ1) is 20.4. The van der Waals surface area contributed by atoms with E-state index in [2.05, 4.69) is 25.8 Å². The van der Waals surface area contributed by atoms with Crippen molar-refractivity contribution in [2.24, 2.45) is 0 Å². The number of amides is 4. The van der Waals surface area contributed by atoms with E-state index >= 15 is 0 Å². The average Bonchev–Trinajstić information content (AvgIpc) is 3.72. The third kappa shape index (κ3) is 6.23. The van der Waals surface area contributed by atoms with E-state index < -0.39 is 24.1 Å². The molecule has 13 nitrogen and oxygen atoms in total. The van der Waals surface area contributed by atoms with Gasteiger partial charge in [-0.15, -0.1) is 5.10 Å². The molecule has 5 heterocycles. The number of imide groups is 1. The summed E-state index contributed by atoms with van der Waals surface area (Å²) in [6.07, 6.45) is 2.88. The number of nitrogens with zero attached hydrogens (tertiary/aromatic N) is 5. The summed E-state index contributed by atoms with van der Waals surface area (Å²) in [5, 5.41) is 20.6. The van der Waals surface area contributed by atoms with Gasteiger partial charge in [0.05, 0.1) is 11.9 Å². The highest BCUT2D eigenvalue weighted by Crippen LogP contribution is 2.41. The molecule has 0 bridgehead atoms. The molecule has 4 aliphatic rings. The van der Waals surface area contributed by atoms with Gasteiger partial charge in [0.1, 0.15) is 6.04 Å². The number of carbonyl (C=O) groups excluding carboxylic acids is 4. The number of piperidine rings is 1. The van der Waals surface area contributed by atoms with Crippen LogP contribution in [0.3, 0.4) is 0 Å². The van der Waals surface area contributed by atoms with Crippen molar-refractivity contribution in [2.45, 2.75) is 69.2 Å². The Labute approximate surface area is 243 Å². The van der Waals surface area contributed by atoms with Crippen LogP contribution in [0.2, 0.25) is 0 Å². The number of hydrogen-bond donors (Lipinski definition) is 3. The number of alkyl halides is 3. The summed E-state index contributed by atoms with van der Waals surface area (Å²) in [5.41, 5.74) is 2.46. The van der Waals surface area contributed by atoms with E-state index in [0.29, 0.717) is 24.2 Å². The van der Waals surface area contributed by atoms with Gasteiger partial charge in [0, 0.05) is 30.6 Å². The number of carboxylic acids is 1. The van der Waals surface area contributed by atoms with E-state index in [4.69, 9.17) is 9.90 Å². The number of nitrogens with one attached hydrogen (secondary N) is 2. The lowest BCUT2D eigenvalue weighted by Crippen LogP contribution is -2.52. The van der Waals surface area contributed by atoms with Gasteiger partial charge in [0.15, 0.2) is 5.69 Å². The lowest BCUT2D eigenvalue weighted by Gasteiger charge is -2.32. The second-order valence-electron chi connectivity index (χ2n) is 11.0. The maximum Gasteiger partial charge on any atom is 0.490 e. The maximum atomic E-state index is 12.9. The summed E-state index contributed by atoms with van der Waals surface area (Å²) in [6.45, 7) is 3.22. The summed E-state index contributed by atoms with van der Waals surface area (Å²) in [4.78, 5) is 62.3. The molecule has 0 aliphatic carbocycles. The molecular formula is C27H30F3N7O6. The quantitative estimate of drug-likeness (QED) is 0.413. The van der Waals surface area contributed by atoms with Crippen LogP contribution >= 0.6 is 0 Å². The van der Waals surface area contributed by atoms with Gasteiger partial charge in [0.25, 0.3) is 11.8 Å². The van der Waals surface area contributed by atoms with Gasteiger partial charge < -0.3 is 15.3 Å². The summed E-state index contributed by atoms with van der Waals surface area (Å²) < 4.78 is 33.3. The normalized spacial score (nSPS) is 21.1. The van der Waals surface area contributed by atoms with Crippen LogP contribution in [0, 0.1) is 0 Å². The van der Waals surface area contributed by atoms with Gasteiger partial charge in [-0.2, -0.15) is 13.2 Å². The van der Waals surface area contributed by atoms with Crippen molar-refractivity contribution in [2.75, 3.05) is 19.6 Å². The first-order valence-electron chi connectivity index (χ1n) is 13.9. The number of halogens is 3. The molecule has 3 fully saturated rings. The minimum absolute atomic E-state index is 0.213. The number of benzene rings is 1. The fraction of sp³-hybridized carbons (Fsp3) is 0.519. The first kappa shape index (κ1) is 30.1. The Balaban J connectivity index is 0.000000472. The Morgan fingerprint density at radius 3 is 2.49 bits per heavy atom. The van der Waals surface area contributed by atoms with Crippen LogP contribution in [-0.2, 0) is 20.9 Å². The van der Waals surface area contributed by atoms with Crippen molar-refractivity contribution < 1.29 is 42.3 Å². The predicted octanol–water partition coefficient (Wildman–Crippen LogP) is 1.41. The van der Waals surface area contributed by atoms with Crippen molar-refractivity contribution in [3.8, 4) is 5.69 Å². The fourth-order valence-electron chi connectivity index (χ4n) is 6.33. The van der Waals surface area contributed by atoms with E-state index in [1.807, 2.05) is 6.07 Å². The molecule has 43 heavy (non-hydrogen) atoms. The molecule has 3 saturated heterocycles. The second kappa shape index (κ2) is 11.7. The standard InChI is InChI=1S/C25H29N7O4.C2HF3O2/c33-21-6-5-20(23(35)27-21)31-14-16-13-17(3-4-18(16)24(31)36)32-15-19(28-29-32)22(34)26-10-9-25-7-1-11-30(25)12-2-8-25;3-2(4,5)1(6)7/h3-4,13,15,20H,1-2,5-12,14H2,(H,26,34)(H,27,33,35);(H,6,7). The van der Waals surface area contributed by atoms with Crippen molar-refractivity contribution in [1.29, 1.82) is 0 Å². The van der Waals surface area contributed by atoms with E-state index in [9.17, 15) is 32.3 Å². The smallest absolute Gasteiger partial charge is 0.475 e. The Hall–Kier alpha value is -4.34. The lowest BCUT2D eigenvalue weighted by molar-refractivity contribution is -0.192. The van der Waals surface area contributed by atoms with Crippen LogP contribution in [0.1, 0.15) is 71.4 Å². The zero-order chi connectivity index (χ0) is 30.9. The monoisotopic (exact) mass is 605 g/mol. The molecule has 4 amide bonds. The molecular weight excluding hydrogens is 575 g/mol. The Bertz CT molecular complexity index is 1450. The molecule has 1 aromatic heterocycles. The Kier molecular flexibility index (Phi) is 8.23. The van der Waals surface area contributed by atoms with Crippen molar-refractivity contribution in [3.05, 3.63) is 41.2 Å². The second-order valence-corrected chi connectivity index (χ2v) is 11.0. The molecule has 4 aliphatic heterocycles. The van der Waals surface area contributed by atoms with Crippen LogP contribution < -0.4 is 10.6 Å². The molecule has 2 aromatic rings. The van der Waals surface area contributed by atoms with Gasteiger partial charge in [-0.1, -0.05) is 5.21 Å². The van der Waals surface area contributed by atoms with Crippen LogP contribution in [0.15, 0.2) is 24.4 Å². The molecule has 1 unspecified atom stereocenters. The van der Waals surface area contributed by atoms with Gasteiger partial charge in [-0.05, 0) is 75.4 Å². The molecule has 0 saturated carbocycles. The summed E-state index contributed by atoms with van der Waals surface area (Å²) in [7, 11) is 0. The number of rotatable bonds is 6. The van der Waals surface area contributed by atoms with Gasteiger partial charge in [-0.25, -0.2) is 9.48 Å². The topological polar surface area (TPSA) is 167 Å². The molecule has 16 heteroatoms. The minimum Gasteiger partial charge on any atom is -0.475 e. The number of aliphatic carboxylic acids is 1. The van der Waals surface area contributed by atoms with E-state index in [1.165, 1.54) is 48.4 Å². The average molecular weight is 606 g/mol. The largest absolute Gasteiger partial charge is 0.490 e. The van der Waals surface area contributed by atoms with Gasteiger partial charge in [0.2, 0.25) is 11.8 Å². The highest BCUT2D eigenvalue weighted by atomic mass is 19.4. The number of aromatic nitrogens is 3. The zero-order valence-electron chi connectivity index (χ0n) is 23.0. The van der Waals surface area contributed by atoms with Crippen molar-refractivity contribution in [3.63, 3.8) is 0 Å². The van der Waals surface area contributed by atoms with Gasteiger partial charge >= 0.3 is 12.1 Å². The number of hydrogen-bond acceptors (Lipinski definition) is 8. The summed E-state index contributed by atoms with van der Waals surface area (Å²) in [6, 6.07) is 4.61. The highest BCUT2D eigenvalue weighted by Gasteiger charge is 2.43. The van der Waals surface area contributed by atoms with E-state index in [1.54, 1.807) is 18.3 Å².